The molecule has 0 aliphatic heterocycles. The van der Waals surface area contributed by atoms with Crippen LogP contribution in [0.2, 0.25) is 0 Å². The van der Waals surface area contributed by atoms with Crippen LogP contribution in [0.3, 0.4) is 0 Å². The minimum absolute atomic E-state index is 0.566. The molecule has 0 aliphatic rings. The van der Waals surface area contributed by atoms with Gasteiger partial charge in [-0.25, -0.2) is 0 Å². The van der Waals surface area contributed by atoms with E-state index in [-0.39, 0.29) is 0 Å². The summed E-state index contributed by atoms with van der Waals surface area (Å²) < 4.78 is -2.06. The van der Waals surface area contributed by atoms with Crippen LogP contribution in [0, 0.1) is 0 Å². The average Bonchev–Trinajstić information content (AvgIpc) is 2.46. The fourth-order valence-electron chi connectivity index (χ4n) is 2.04. The van der Waals surface area contributed by atoms with Crippen molar-refractivity contribution in [2.45, 2.75) is 7.59 Å². The number of halogens is 8. The molecule has 0 aliphatic carbocycles. The van der Waals surface area contributed by atoms with Crippen LogP contribution >= 0.6 is 86.6 Å². The fourth-order valence-corrected chi connectivity index (χ4v) is 7.27. The zero-order valence-electron chi connectivity index (χ0n) is 11.6. The first-order valence-corrected chi connectivity index (χ1v) is 16.2. The summed E-state index contributed by atoms with van der Waals surface area (Å²) in [5, 5.41) is 0. The number of benzene rings is 2. The Morgan fingerprint density at radius 2 is 0.875 bits per heavy atom. The first kappa shape index (κ1) is 21.8. The van der Waals surface area contributed by atoms with Gasteiger partial charge in [-0.2, -0.15) is 0 Å². The molecule has 0 unspecified atom stereocenters. The molecular formula is C15H8Cl8Zr. The van der Waals surface area contributed by atoms with Crippen LogP contribution in [0.1, 0.15) is 22.3 Å². The van der Waals surface area contributed by atoms with Gasteiger partial charge in [-0.05, 0) is 0 Å². The summed E-state index contributed by atoms with van der Waals surface area (Å²) in [5.41, 5.74) is 2.90. The Morgan fingerprint density at radius 1 is 0.583 bits per heavy atom. The third-order valence-corrected chi connectivity index (χ3v) is 9.08. The van der Waals surface area contributed by atoms with E-state index in [1.165, 1.54) is 0 Å². The van der Waals surface area contributed by atoms with E-state index in [2.05, 4.69) is 0 Å². The van der Waals surface area contributed by atoms with Crippen LogP contribution in [0.5, 0.6) is 0 Å². The van der Waals surface area contributed by atoms with Crippen molar-refractivity contribution in [1.29, 1.82) is 0 Å². The van der Waals surface area contributed by atoms with Gasteiger partial charge in [0.05, 0.1) is 0 Å². The fraction of sp³-hybridized carbons (Fsp3) is 0.133. The molecule has 2 rings (SSSR count). The van der Waals surface area contributed by atoms with E-state index in [1.54, 1.807) is 24.3 Å². The Labute approximate surface area is 185 Å². The van der Waals surface area contributed by atoms with E-state index in [0.717, 1.165) is 14.3 Å². The maximum atomic E-state index is 6.34. The normalized spacial score (nSPS) is 12.2. The molecule has 0 bridgehead atoms. The molecule has 0 heterocycles. The second-order valence-corrected chi connectivity index (χ2v) is 17.5. The third-order valence-electron chi connectivity index (χ3n) is 3.19. The number of hydrogen-bond donors (Lipinski definition) is 0. The number of alkyl halides is 6. The van der Waals surface area contributed by atoms with Gasteiger partial charge in [0.2, 0.25) is 0 Å². The summed E-state index contributed by atoms with van der Waals surface area (Å²) in [6.07, 6.45) is 0. The summed E-state index contributed by atoms with van der Waals surface area (Å²) in [6.45, 7) is 0. The minimum atomic E-state index is -2.79. The van der Waals surface area contributed by atoms with Crippen LogP contribution in [0.4, 0.5) is 0 Å². The molecule has 2 aromatic carbocycles. The number of hydrogen-bond acceptors (Lipinski definition) is 0. The predicted molar refractivity (Wildman–Crippen MR) is 106 cm³/mol. The molecule has 0 atom stereocenters. The van der Waals surface area contributed by atoms with Gasteiger partial charge in [-0.3, -0.25) is 0 Å². The molecule has 0 amide bonds. The topological polar surface area (TPSA) is 0 Å². The second kappa shape index (κ2) is 8.68. The molecule has 128 valence electrons. The van der Waals surface area contributed by atoms with Gasteiger partial charge in [0.25, 0.3) is 0 Å². The van der Waals surface area contributed by atoms with Crippen molar-refractivity contribution in [3.05, 3.63) is 70.8 Å². The van der Waals surface area contributed by atoms with Crippen molar-refractivity contribution in [2.24, 2.45) is 0 Å². The van der Waals surface area contributed by atoms with Gasteiger partial charge < -0.3 is 0 Å². The molecule has 9 heteroatoms. The third kappa shape index (κ3) is 5.75. The summed E-state index contributed by atoms with van der Waals surface area (Å²) in [6, 6.07) is 14.3. The first-order valence-electron chi connectivity index (χ1n) is 6.40. The van der Waals surface area contributed by atoms with E-state index >= 15 is 0 Å². The van der Waals surface area contributed by atoms with Crippen LogP contribution in [-0.2, 0) is 26.5 Å². The molecule has 0 saturated heterocycles. The van der Waals surface area contributed by atoms with E-state index in [1.807, 2.05) is 24.3 Å². The quantitative estimate of drug-likeness (QED) is 0.327. The number of rotatable bonds is 2. The standard InChI is InChI=1S/C15H8Cl6.2ClH.Zr/c16-14(17,18)12-5-1-10(2-6-12)9-11-3-7-13(8-4-11)15(19,20)21;;;/h1-8H;2*1H;/q;;;+2/p-2. The van der Waals surface area contributed by atoms with Crippen LogP contribution < -0.4 is 0 Å². The Kier molecular flexibility index (Phi) is 7.89. The van der Waals surface area contributed by atoms with E-state index in [0.29, 0.717) is 11.1 Å². The van der Waals surface area contributed by atoms with Crippen LogP contribution in [-0.4, -0.2) is 3.21 Å². The van der Waals surface area contributed by atoms with Crippen molar-refractivity contribution in [3.8, 4) is 0 Å². The van der Waals surface area contributed by atoms with Gasteiger partial charge in [0.1, 0.15) is 0 Å². The van der Waals surface area contributed by atoms with Crippen LogP contribution in [0.15, 0.2) is 48.5 Å². The van der Waals surface area contributed by atoms with Crippen molar-refractivity contribution in [3.63, 3.8) is 0 Å². The molecule has 0 saturated carbocycles. The van der Waals surface area contributed by atoms with Gasteiger partial charge in [-0.15, -0.1) is 0 Å². The maximum absolute atomic E-state index is 6.34. The Bertz CT molecular complexity index is 676. The molecule has 0 N–H and O–H groups in total. The molecule has 24 heavy (non-hydrogen) atoms. The van der Waals surface area contributed by atoms with Gasteiger partial charge in [0, 0.05) is 0 Å². The predicted octanol–water partition coefficient (Wildman–Crippen LogP) is 7.83. The van der Waals surface area contributed by atoms with Crippen LogP contribution in [0.25, 0.3) is 0 Å². The molecule has 0 spiro atoms. The molecule has 0 fully saturated rings. The van der Waals surface area contributed by atoms with Gasteiger partial charge >= 0.3 is 187 Å². The summed E-state index contributed by atoms with van der Waals surface area (Å²) in [7, 11) is 12.7. The Balaban J connectivity index is 2.43. The Hall–Kier alpha value is 1.51. The monoisotopic (exact) mass is 558 g/mol. The molecule has 0 radical (unpaired) electrons. The van der Waals surface area contributed by atoms with Crippen molar-refractivity contribution in [2.75, 3.05) is 0 Å². The average molecular weight is 563 g/mol. The van der Waals surface area contributed by atoms with Crippen molar-refractivity contribution in [1.82, 2.24) is 0 Å². The summed E-state index contributed by atoms with van der Waals surface area (Å²) in [5.74, 6) is 0. The van der Waals surface area contributed by atoms with E-state index in [9.17, 15) is 0 Å². The second-order valence-electron chi connectivity index (χ2n) is 4.79. The molecular weight excluding hydrogens is 555 g/mol. The zero-order valence-corrected chi connectivity index (χ0v) is 20.1. The first-order chi connectivity index (χ1) is 11.0. The Morgan fingerprint density at radius 3 is 1.08 bits per heavy atom. The molecule has 0 nitrogen and oxygen atoms in total. The molecule has 0 aromatic heterocycles. The zero-order chi connectivity index (χ0) is 18.1. The van der Waals surface area contributed by atoms with Crippen molar-refractivity contribution < 1.29 is 18.9 Å². The SMILES string of the molecule is [Cl][Zr]([Cl])=[C](c1ccc(C(Cl)(Cl)Cl)cc1)c1ccc(C(Cl)(Cl)Cl)cc1. The summed E-state index contributed by atoms with van der Waals surface area (Å²) >= 11 is 32.5. The van der Waals surface area contributed by atoms with E-state index in [4.69, 9.17) is 86.6 Å². The van der Waals surface area contributed by atoms with E-state index < -0.39 is 26.5 Å². The van der Waals surface area contributed by atoms with Crippen molar-refractivity contribution >= 4 is 89.8 Å². The van der Waals surface area contributed by atoms with Gasteiger partial charge in [0.15, 0.2) is 0 Å². The van der Waals surface area contributed by atoms with Gasteiger partial charge in [-0.1, -0.05) is 0 Å². The summed E-state index contributed by atoms with van der Waals surface area (Å²) in [4.78, 5) is 0. The molecule has 2 aromatic rings.